The summed E-state index contributed by atoms with van der Waals surface area (Å²) in [6, 6.07) is -0.638. The molecule has 1 amide bonds. The Balaban J connectivity index is 1.77. The summed E-state index contributed by atoms with van der Waals surface area (Å²) in [7, 11) is 5.44. The molecule has 0 spiro atoms. The van der Waals surface area contributed by atoms with Gasteiger partial charge in [0.1, 0.15) is 24.4 Å². The fourth-order valence-electron chi connectivity index (χ4n) is 8.16. The van der Waals surface area contributed by atoms with Crippen LogP contribution in [0, 0.1) is 23.7 Å². The number of amides is 1. The summed E-state index contributed by atoms with van der Waals surface area (Å²) in [5, 5.41) is 11.3. The zero-order chi connectivity index (χ0) is 32.7. The van der Waals surface area contributed by atoms with Crippen molar-refractivity contribution in [3.63, 3.8) is 0 Å². The third-order valence-corrected chi connectivity index (χ3v) is 10.5. The van der Waals surface area contributed by atoms with E-state index in [1.165, 1.54) is 0 Å². The summed E-state index contributed by atoms with van der Waals surface area (Å²) in [5.41, 5.74) is -0.273. The fraction of sp³-hybridized carbons (Fsp3) is 0.875. The van der Waals surface area contributed by atoms with Gasteiger partial charge in [0, 0.05) is 49.1 Å². The molecule has 250 valence electrons. The Kier molecular flexibility index (Phi) is 10.8. The number of ether oxygens (including phenoxy) is 5. The van der Waals surface area contributed by atoms with Crippen LogP contribution in [-0.2, 0) is 33.3 Å². The molecule has 0 aliphatic carbocycles. The molecule has 2 bridgehead atoms. The predicted octanol–water partition coefficient (Wildman–Crippen LogP) is 2.69. The number of carbonyl (C=O) groups excluding carboxylic acids is 3. The van der Waals surface area contributed by atoms with E-state index in [0.29, 0.717) is 25.9 Å². The Morgan fingerprint density at radius 1 is 1.07 bits per heavy atom. The number of likely N-dealkylation sites (N-methyl/N-ethyl adjacent to an activating group) is 1. The van der Waals surface area contributed by atoms with Crippen LogP contribution in [0.25, 0.3) is 0 Å². The lowest BCUT2D eigenvalue weighted by molar-refractivity contribution is -0.281. The van der Waals surface area contributed by atoms with Crippen LogP contribution in [0.5, 0.6) is 0 Å². The molecule has 0 aromatic heterocycles. The molecule has 0 saturated carbocycles. The number of nitrogens with zero attached hydrogens (tertiary/aromatic N) is 3. The van der Waals surface area contributed by atoms with E-state index in [1.54, 1.807) is 18.9 Å². The van der Waals surface area contributed by atoms with Gasteiger partial charge in [-0.3, -0.25) is 19.5 Å². The number of cyclic esters (lactones) is 1. The molecular weight excluding hydrogens is 570 g/mol. The minimum atomic E-state index is -1.14. The van der Waals surface area contributed by atoms with Gasteiger partial charge in [0.15, 0.2) is 11.9 Å². The summed E-state index contributed by atoms with van der Waals surface area (Å²) in [4.78, 5) is 48.8. The van der Waals surface area contributed by atoms with Crippen molar-refractivity contribution < 1.29 is 43.2 Å². The van der Waals surface area contributed by atoms with Gasteiger partial charge in [-0.2, -0.15) is 0 Å². The first-order chi connectivity index (χ1) is 20.7. The number of aliphatic imine (C=N–C) groups is 1. The van der Waals surface area contributed by atoms with Crippen LogP contribution in [0.4, 0.5) is 4.79 Å². The molecule has 44 heavy (non-hydrogen) atoms. The van der Waals surface area contributed by atoms with E-state index in [1.807, 2.05) is 60.5 Å². The number of ketones is 1. The van der Waals surface area contributed by atoms with Crippen molar-refractivity contribution in [1.29, 1.82) is 0 Å². The molecule has 3 fully saturated rings. The van der Waals surface area contributed by atoms with Gasteiger partial charge in [-0.15, -0.1) is 0 Å². The third-order valence-electron chi connectivity index (χ3n) is 10.5. The normalized spacial score (nSPS) is 44.0. The van der Waals surface area contributed by atoms with E-state index in [9.17, 15) is 19.5 Å². The van der Waals surface area contributed by atoms with Gasteiger partial charge in [0.05, 0.1) is 30.9 Å². The summed E-state index contributed by atoms with van der Waals surface area (Å²) >= 11 is 0. The summed E-state index contributed by atoms with van der Waals surface area (Å²) in [6.45, 7) is 14.2. The van der Waals surface area contributed by atoms with E-state index in [-0.39, 0.29) is 35.7 Å². The van der Waals surface area contributed by atoms with E-state index < -0.39 is 66.8 Å². The number of rotatable bonds is 5. The lowest BCUT2D eigenvalue weighted by atomic mass is 9.73. The summed E-state index contributed by atoms with van der Waals surface area (Å²) < 4.78 is 30.8. The van der Waals surface area contributed by atoms with Crippen LogP contribution in [0.1, 0.15) is 67.7 Å². The van der Waals surface area contributed by atoms with Crippen LogP contribution < -0.4 is 0 Å². The lowest BCUT2D eigenvalue weighted by Gasteiger charge is -2.45. The molecule has 12 heteroatoms. The molecule has 1 N–H and O–H groups in total. The van der Waals surface area contributed by atoms with Crippen molar-refractivity contribution >= 4 is 23.6 Å². The third kappa shape index (κ3) is 6.42. The Labute approximate surface area is 261 Å². The standard InChI is InChI=1S/C32H53N3O9/c1-11-23-32(7)29-19(5)25(33-12-13-35(29)31(39)44-32)18(4)27(40-10)20(6)28(17(3)22(36)15-24(37)42-23)43-30-26(38)21(34(8)9)14-16(2)41-30/h16-21,23,26-30,38H,11-15H2,1-10H3/t16-,17+,18+,19+,20+,21+,23-,26-,27+,28-,29?,30+,32-/m1/s1. The van der Waals surface area contributed by atoms with Crippen molar-refractivity contribution in [3.05, 3.63) is 0 Å². The van der Waals surface area contributed by atoms with Gasteiger partial charge in [-0.05, 0) is 40.8 Å². The second-order valence-electron chi connectivity index (χ2n) is 13.6. The molecular formula is C32H53N3O9. The maximum Gasteiger partial charge on any atom is 0.410 e. The quantitative estimate of drug-likeness (QED) is 0.360. The van der Waals surface area contributed by atoms with Crippen molar-refractivity contribution in [2.75, 3.05) is 34.3 Å². The molecule has 4 aliphatic rings. The monoisotopic (exact) mass is 623 g/mol. The van der Waals surface area contributed by atoms with Gasteiger partial charge in [-0.1, -0.05) is 34.6 Å². The molecule has 12 nitrogen and oxygen atoms in total. The number of aliphatic hydroxyl groups is 1. The maximum absolute atomic E-state index is 13.7. The molecule has 0 aromatic rings. The van der Waals surface area contributed by atoms with Crippen molar-refractivity contribution in [2.45, 2.75) is 122 Å². The average Bonchev–Trinajstić information content (AvgIpc) is 3.09. The van der Waals surface area contributed by atoms with Gasteiger partial charge < -0.3 is 33.7 Å². The first kappa shape index (κ1) is 34.7. The van der Waals surface area contributed by atoms with Gasteiger partial charge in [0.25, 0.3) is 0 Å². The number of methoxy groups -OCH3 is 1. The highest BCUT2D eigenvalue weighted by Crippen LogP contribution is 2.43. The Morgan fingerprint density at radius 3 is 2.36 bits per heavy atom. The smallest absolute Gasteiger partial charge is 0.410 e. The van der Waals surface area contributed by atoms with Crippen molar-refractivity contribution in [1.82, 2.24) is 9.80 Å². The second-order valence-corrected chi connectivity index (χ2v) is 13.6. The van der Waals surface area contributed by atoms with Crippen LogP contribution in [0.15, 0.2) is 4.99 Å². The highest BCUT2D eigenvalue weighted by Gasteiger charge is 2.60. The maximum atomic E-state index is 13.7. The molecule has 4 rings (SSSR count). The number of carbonyl (C=O) groups is 3. The Bertz CT molecular complexity index is 1100. The molecule has 13 atom stereocenters. The van der Waals surface area contributed by atoms with Gasteiger partial charge >= 0.3 is 12.1 Å². The van der Waals surface area contributed by atoms with E-state index in [2.05, 4.69) is 0 Å². The molecule has 1 unspecified atom stereocenters. The average molecular weight is 624 g/mol. The number of hydrogen-bond donors (Lipinski definition) is 1. The highest BCUT2D eigenvalue weighted by molar-refractivity contribution is 5.97. The molecule has 0 aromatic carbocycles. The first-order valence-electron chi connectivity index (χ1n) is 16.1. The topological polar surface area (TPSA) is 136 Å². The highest BCUT2D eigenvalue weighted by atomic mass is 16.7. The van der Waals surface area contributed by atoms with Crippen LogP contribution >= 0.6 is 0 Å². The zero-order valence-corrected chi connectivity index (χ0v) is 28.0. The van der Waals surface area contributed by atoms with Crippen LogP contribution in [-0.4, -0.2) is 127 Å². The van der Waals surface area contributed by atoms with Crippen LogP contribution in [0.3, 0.4) is 0 Å². The summed E-state index contributed by atoms with van der Waals surface area (Å²) in [6.07, 6.45) is -4.00. The largest absolute Gasteiger partial charge is 0.458 e. The zero-order valence-electron chi connectivity index (χ0n) is 28.0. The predicted molar refractivity (Wildman–Crippen MR) is 162 cm³/mol. The van der Waals surface area contributed by atoms with E-state index in [0.717, 1.165) is 5.71 Å². The SMILES string of the molecule is CC[C@H]1OC(=O)CC(=O)[C@H](C)[C@@H](O[C@@H]2O[C@H](C)C[C@H](N(C)C)[C@H]2O)[C@@H](C)[C@@H](OC)[C@@H](C)C2=NCCN3C(=O)O[C@@]1(C)C3[C@H]2C. The van der Waals surface area contributed by atoms with Crippen LogP contribution in [0.2, 0.25) is 0 Å². The lowest BCUT2D eigenvalue weighted by Crippen LogP contribution is -2.58. The minimum absolute atomic E-state index is 0.177. The number of esters is 1. The van der Waals surface area contributed by atoms with E-state index >= 15 is 0 Å². The van der Waals surface area contributed by atoms with Gasteiger partial charge in [0.2, 0.25) is 0 Å². The molecule has 0 radical (unpaired) electrons. The summed E-state index contributed by atoms with van der Waals surface area (Å²) in [5.74, 6) is -2.66. The minimum Gasteiger partial charge on any atom is -0.458 e. The molecule has 4 aliphatic heterocycles. The van der Waals surface area contributed by atoms with Crippen molar-refractivity contribution in [2.24, 2.45) is 28.7 Å². The number of Topliss-reactive ketones (excluding diaryl/α,β-unsaturated/α-hetero) is 1. The van der Waals surface area contributed by atoms with Crippen molar-refractivity contribution in [3.8, 4) is 0 Å². The fourth-order valence-corrected chi connectivity index (χ4v) is 8.16. The second kappa shape index (κ2) is 13.7. The van der Waals surface area contributed by atoms with Gasteiger partial charge in [-0.25, -0.2) is 4.79 Å². The molecule has 3 saturated heterocycles. The number of aliphatic hydroxyl groups excluding tert-OH is 1. The van der Waals surface area contributed by atoms with E-state index in [4.69, 9.17) is 28.7 Å². The Hall–Kier alpha value is -2.12. The molecule has 4 heterocycles. The number of hydrogen-bond acceptors (Lipinski definition) is 11. The number of fused-ring (bicyclic) bond motifs is 1. The Morgan fingerprint density at radius 2 is 1.75 bits per heavy atom. The first-order valence-corrected chi connectivity index (χ1v) is 16.1.